The fraction of sp³-hybridized carbons (Fsp3) is 0.868. The summed E-state index contributed by atoms with van der Waals surface area (Å²) in [4.78, 5) is 38.1. The normalized spacial score (nSPS) is 12.2. The van der Waals surface area contributed by atoms with Gasteiger partial charge in [-0.15, -0.1) is 0 Å². The van der Waals surface area contributed by atoms with Gasteiger partial charge in [0.2, 0.25) is 0 Å². The number of carbonyl (C=O) groups excluding carboxylic acids is 3. The molecule has 0 aliphatic carbocycles. The quantitative estimate of drug-likeness (QED) is 0.0261. The Bertz CT molecular complexity index is 1240. The molecular weight excluding hydrogens is 913 g/mol. The molecule has 434 valence electrons. The van der Waals surface area contributed by atoms with Gasteiger partial charge in [-0.3, -0.25) is 14.4 Å². The first kappa shape index (κ1) is 71.6. The maximum atomic E-state index is 12.8. The molecule has 0 aromatic rings. The minimum absolute atomic E-state index is 0.0717. The Morgan fingerprint density at radius 1 is 0.284 bits per heavy atom. The van der Waals surface area contributed by atoms with E-state index in [0.717, 1.165) is 83.5 Å². The van der Waals surface area contributed by atoms with Crippen LogP contribution in [-0.2, 0) is 28.6 Å². The van der Waals surface area contributed by atoms with Crippen LogP contribution >= 0.6 is 0 Å². The Morgan fingerprint density at radius 3 is 0.824 bits per heavy atom. The van der Waals surface area contributed by atoms with Gasteiger partial charge in [0.15, 0.2) is 6.10 Å². The number of unbranched alkanes of at least 4 members (excludes halogenated alkanes) is 44. The SMILES string of the molecule is CC/C=C\C/C=C\C/C=C\CCCCCCCCCC(=O)OC(COC(=O)CCCCCCCCCC)COC(=O)CCCCCCCCCCCCCCCCCCCCCCCCCCCCCCCCC. The van der Waals surface area contributed by atoms with Gasteiger partial charge in [-0.05, 0) is 51.4 Å². The van der Waals surface area contributed by atoms with E-state index in [1.54, 1.807) is 0 Å². The summed E-state index contributed by atoms with van der Waals surface area (Å²) < 4.78 is 16.9. The molecule has 0 saturated carbocycles. The highest BCUT2D eigenvalue weighted by atomic mass is 16.6. The van der Waals surface area contributed by atoms with Crippen LogP contribution in [0.5, 0.6) is 0 Å². The van der Waals surface area contributed by atoms with E-state index in [1.165, 1.54) is 238 Å². The molecule has 0 radical (unpaired) electrons. The first-order valence-electron chi connectivity index (χ1n) is 33.0. The fourth-order valence-corrected chi connectivity index (χ4v) is 9.99. The van der Waals surface area contributed by atoms with Gasteiger partial charge in [0, 0.05) is 19.3 Å². The summed E-state index contributed by atoms with van der Waals surface area (Å²) in [7, 11) is 0. The minimum Gasteiger partial charge on any atom is -0.462 e. The van der Waals surface area contributed by atoms with Crippen molar-refractivity contribution in [1.29, 1.82) is 0 Å². The molecule has 0 aromatic carbocycles. The Hall–Kier alpha value is -2.37. The lowest BCUT2D eigenvalue weighted by Gasteiger charge is -2.18. The van der Waals surface area contributed by atoms with E-state index in [0.29, 0.717) is 19.3 Å². The largest absolute Gasteiger partial charge is 0.462 e. The third kappa shape index (κ3) is 60.5. The molecule has 0 aliphatic heterocycles. The van der Waals surface area contributed by atoms with Crippen LogP contribution in [0.15, 0.2) is 36.5 Å². The summed E-state index contributed by atoms with van der Waals surface area (Å²) in [5.74, 6) is -0.866. The molecule has 0 fully saturated rings. The zero-order valence-electron chi connectivity index (χ0n) is 49.9. The van der Waals surface area contributed by atoms with Crippen LogP contribution in [0.3, 0.4) is 0 Å². The minimum atomic E-state index is -0.773. The highest BCUT2D eigenvalue weighted by Gasteiger charge is 2.19. The molecule has 0 rings (SSSR count). The standard InChI is InChI=1S/C68H126O6/c1-4-7-10-13-16-19-21-23-25-27-28-29-30-31-32-33-34-35-36-37-38-39-40-42-43-45-47-49-52-55-58-61-67(70)73-64-65(63-72-66(69)60-57-54-51-18-15-12-9-6-3)74-68(71)62-59-56-53-50-48-46-44-41-26-24-22-20-17-14-11-8-5-2/h8,11,17,20,24,26,65H,4-7,9-10,12-16,18-19,21-23,25,27-64H2,1-3H3/b11-8-,20-17-,26-24-. The molecule has 0 spiro atoms. The molecule has 0 saturated heterocycles. The molecule has 1 unspecified atom stereocenters. The zero-order chi connectivity index (χ0) is 53.6. The van der Waals surface area contributed by atoms with E-state index in [4.69, 9.17) is 14.2 Å². The molecule has 1 atom stereocenters. The van der Waals surface area contributed by atoms with Crippen molar-refractivity contribution >= 4 is 17.9 Å². The first-order valence-corrected chi connectivity index (χ1v) is 33.0. The third-order valence-electron chi connectivity index (χ3n) is 14.9. The van der Waals surface area contributed by atoms with Crippen LogP contribution in [-0.4, -0.2) is 37.2 Å². The number of ether oxygens (including phenoxy) is 3. The van der Waals surface area contributed by atoms with Crippen molar-refractivity contribution in [3.05, 3.63) is 36.5 Å². The molecule has 0 bridgehead atoms. The van der Waals surface area contributed by atoms with Gasteiger partial charge >= 0.3 is 17.9 Å². The van der Waals surface area contributed by atoms with Crippen molar-refractivity contribution in [2.45, 2.75) is 367 Å². The second-order valence-corrected chi connectivity index (χ2v) is 22.4. The predicted octanol–water partition coefficient (Wildman–Crippen LogP) is 22.4. The summed E-state index contributed by atoms with van der Waals surface area (Å²) in [6.07, 6.45) is 77.7. The predicted molar refractivity (Wildman–Crippen MR) is 321 cm³/mol. The molecule has 6 heteroatoms. The van der Waals surface area contributed by atoms with Gasteiger partial charge in [-0.1, -0.05) is 327 Å². The van der Waals surface area contributed by atoms with E-state index in [2.05, 4.69) is 57.2 Å². The average molecular weight is 1040 g/mol. The van der Waals surface area contributed by atoms with E-state index in [-0.39, 0.29) is 31.1 Å². The Kier molecular flexibility index (Phi) is 61.1. The monoisotopic (exact) mass is 1040 g/mol. The number of hydrogen-bond donors (Lipinski definition) is 0. The fourth-order valence-electron chi connectivity index (χ4n) is 9.99. The summed E-state index contributed by atoms with van der Waals surface area (Å²) >= 11 is 0. The molecule has 74 heavy (non-hydrogen) atoms. The van der Waals surface area contributed by atoms with Crippen molar-refractivity contribution in [1.82, 2.24) is 0 Å². The van der Waals surface area contributed by atoms with E-state index >= 15 is 0 Å². The van der Waals surface area contributed by atoms with Crippen LogP contribution in [0, 0.1) is 0 Å². The van der Waals surface area contributed by atoms with Crippen molar-refractivity contribution in [2.75, 3.05) is 13.2 Å². The van der Waals surface area contributed by atoms with Crippen molar-refractivity contribution in [3.63, 3.8) is 0 Å². The van der Waals surface area contributed by atoms with Gasteiger partial charge in [0.1, 0.15) is 13.2 Å². The summed E-state index contributed by atoms with van der Waals surface area (Å²) in [6.45, 7) is 6.55. The molecule has 6 nitrogen and oxygen atoms in total. The maximum absolute atomic E-state index is 12.8. The highest BCUT2D eigenvalue weighted by Crippen LogP contribution is 2.18. The lowest BCUT2D eigenvalue weighted by molar-refractivity contribution is -0.167. The topological polar surface area (TPSA) is 78.9 Å². The lowest BCUT2D eigenvalue weighted by atomic mass is 10.0. The van der Waals surface area contributed by atoms with Crippen LogP contribution in [0.4, 0.5) is 0 Å². The second-order valence-electron chi connectivity index (χ2n) is 22.4. The number of hydrogen-bond acceptors (Lipinski definition) is 6. The van der Waals surface area contributed by atoms with E-state index in [1.807, 2.05) is 0 Å². The van der Waals surface area contributed by atoms with E-state index < -0.39 is 6.10 Å². The van der Waals surface area contributed by atoms with Crippen LogP contribution in [0.2, 0.25) is 0 Å². The Morgan fingerprint density at radius 2 is 0.527 bits per heavy atom. The molecule has 0 aromatic heterocycles. The van der Waals surface area contributed by atoms with Gasteiger partial charge in [0.05, 0.1) is 0 Å². The van der Waals surface area contributed by atoms with Gasteiger partial charge in [0.25, 0.3) is 0 Å². The summed E-state index contributed by atoms with van der Waals surface area (Å²) in [5, 5.41) is 0. The van der Waals surface area contributed by atoms with Crippen LogP contribution in [0.1, 0.15) is 361 Å². The number of esters is 3. The lowest BCUT2D eigenvalue weighted by Crippen LogP contribution is -2.30. The molecular formula is C68H126O6. The molecule has 0 N–H and O–H groups in total. The highest BCUT2D eigenvalue weighted by molar-refractivity contribution is 5.71. The number of carbonyl (C=O) groups is 3. The summed E-state index contributed by atoms with van der Waals surface area (Å²) in [5.41, 5.74) is 0. The van der Waals surface area contributed by atoms with Crippen molar-refractivity contribution in [3.8, 4) is 0 Å². The number of rotatable bonds is 61. The number of allylic oxidation sites excluding steroid dienone is 6. The Labute approximate surface area is 461 Å². The molecule has 0 heterocycles. The third-order valence-corrected chi connectivity index (χ3v) is 14.9. The van der Waals surface area contributed by atoms with E-state index in [9.17, 15) is 14.4 Å². The van der Waals surface area contributed by atoms with Gasteiger partial charge in [-0.25, -0.2) is 0 Å². The maximum Gasteiger partial charge on any atom is 0.306 e. The summed E-state index contributed by atoms with van der Waals surface area (Å²) in [6, 6.07) is 0. The van der Waals surface area contributed by atoms with Crippen LogP contribution in [0.25, 0.3) is 0 Å². The average Bonchev–Trinajstić information content (AvgIpc) is 3.40. The second kappa shape index (κ2) is 63.2. The van der Waals surface area contributed by atoms with Crippen LogP contribution < -0.4 is 0 Å². The van der Waals surface area contributed by atoms with Crippen molar-refractivity contribution < 1.29 is 28.6 Å². The van der Waals surface area contributed by atoms with Gasteiger partial charge < -0.3 is 14.2 Å². The zero-order valence-corrected chi connectivity index (χ0v) is 49.9. The molecule has 0 aliphatic rings. The Balaban J connectivity index is 4.01. The van der Waals surface area contributed by atoms with Crippen molar-refractivity contribution in [2.24, 2.45) is 0 Å². The smallest absolute Gasteiger partial charge is 0.306 e. The van der Waals surface area contributed by atoms with Gasteiger partial charge in [-0.2, -0.15) is 0 Å². The molecule has 0 amide bonds. The first-order chi connectivity index (χ1) is 36.5.